The molecule has 0 fully saturated rings. The number of benzene rings is 3. The highest BCUT2D eigenvalue weighted by Gasteiger charge is 2.09. The third-order valence-electron chi connectivity index (χ3n) is 5.49. The summed E-state index contributed by atoms with van der Waals surface area (Å²) in [5, 5.41) is 2.19. The standard InChI is InChI=1S/C27H22N2O3/c1-31-27(30)22-10-9-21-13-14-29(26(21)16-22)17-19-5-4-7-24(15-19)32-18-23-12-11-20-6-2-3-8-25(20)28-23/h2-16H,17-18H2,1H3. The Labute approximate surface area is 185 Å². The molecule has 2 aromatic heterocycles. The molecule has 0 bridgehead atoms. The Morgan fingerprint density at radius 1 is 0.906 bits per heavy atom. The molecule has 158 valence electrons. The predicted molar refractivity (Wildman–Crippen MR) is 125 cm³/mol. The molecule has 0 N–H and O–H groups in total. The molecule has 5 aromatic rings. The van der Waals surface area contributed by atoms with E-state index in [1.807, 2.05) is 66.9 Å². The lowest BCUT2D eigenvalue weighted by Gasteiger charge is -2.10. The summed E-state index contributed by atoms with van der Waals surface area (Å²) >= 11 is 0. The lowest BCUT2D eigenvalue weighted by molar-refractivity contribution is 0.0601. The van der Waals surface area contributed by atoms with Gasteiger partial charge in [0.1, 0.15) is 12.4 Å². The molecule has 0 aliphatic carbocycles. The second-order valence-electron chi connectivity index (χ2n) is 7.64. The summed E-state index contributed by atoms with van der Waals surface area (Å²) in [7, 11) is 1.39. The molecule has 0 unspecified atom stereocenters. The van der Waals surface area contributed by atoms with E-state index in [9.17, 15) is 4.79 Å². The number of hydrogen-bond donors (Lipinski definition) is 0. The first-order valence-corrected chi connectivity index (χ1v) is 10.4. The number of carbonyl (C=O) groups excluding carboxylic acids is 1. The topological polar surface area (TPSA) is 53.4 Å². The zero-order valence-electron chi connectivity index (χ0n) is 17.7. The molecular weight excluding hydrogens is 400 g/mol. The molecule has 5 rings (SSSR count). The molecule has 0 aliphatic heterocycles. The fourth-order valence-electron chi connectivity index (χ4n) is 3.84. The highest BCUT2D eigenvalue weighted by molar-refractivity contribution is 5.94. The molecule has 0 amide bonds. The van der Waals surface area contributed by atoms with Gasteiger partial charge in [0, 0.05) is 23.6 Å². The van der Waals surface area contributed by atoms with E-state index in [2.05, 4.69) is 27.8 Å². The van der Waals surface area contributed by atoms with Crippen LogP contribution in [0.25, 0.3) is 21.8 Å². The number of ether oxygens (including phenoxy) is 2. The summed E-state index contributed by atoms with van der Waals surface area (Å²) < 4.78 is 13.0. The van der Waals surface area contributed by atoms with Crippen molar-refractivity contribution in [3.05, 3.63) is 108 Å². The molecule has 32 heavy (non-hydrogen) atoms. The van der Waals surface area contributed by atoms with Crippen LogP contribution in [0.4, 0.5) is 0 Å². The first-order valence-electron chi connectivity index (χ1n) is 10.4. The Kier molecular flexibility index (Phi) is 5.30. The summed E-state index contributed by atoms with van der Waals surface area (Å²) in [6, 6.07) is 27.8. The summed E-state index contributed by atoms with van der Waals surface area (Å²) in [6.45, 7) is 1.07. The Hall–Kier alpha value is -4.12. The summed E-state index contributed by atoms with van der Waals surface area (Å²) in [6.07, 6.45) is 2.03. The van der Waals surface area contributed by atoms with Crippen LogP contribution in [0.2, 0.25) is 0 Å². The van der Waals surface area contributed by atoms with Crippen molar-refractivity contribution in [3.8, 4) is 5.75 Å². The van der Waals surface area contributed by atoms with Crippen molar-refractivity contribution in [1.29, 1.82) is 0 Å². The van der Waals surface area contributed by atoms with E-state index < -0.39 is 0 Å². The van der Waals surface area contributed by atoms with E-state index in [4.69, 9.17) is 9.47 Å². The summed E-state index contributed by atoms with van der Waals surface area (Å²) in [5.41, 5.74) is 4.49. The molecule has 0 saturated heterocycles. The third-order valence-corrected chi connectivity index (χ3v) is 5.49. The Bertz CT molecular complexity index is 1420. The number of aromatic nitrogens is 2. The number of nitrogens with zero attached hydrogens (tertiary/aromatic N) is 2. The molecule has 2 heterocycles. The Morgan fingerprint density at radius 3 is 2.69 bits per heavy atom. The van der Waals surface area contributed by atoms with Crippen LogP contribution in [0.5, 0.6) is 5.75 Å². The van der Waals surface area contributed by atoms with Gasteiger partial charge in [0.15, 0.2) is 0 Å². The average Bonchev–Trinajstić information content (AvgIpc) is 3.24. The van der Waals surface area contributed by atoms with Crippen LogP contribution < -0.4 is 4.74 Å². The maximum atomic E-state index is 11.9. The molecular formula is C27H22N2O3. The Balaban J connectivity index is 1.33. The monoisotopic (exact) mass is 422 g/mol. The van der Waals surface area contributed by atoms with Gasteiger partial charge in [0.05, 0.1) is 23.9 Å². The number of methoxy groups -OCH3 is 1. The number of pyridine rings is 1. The van der Waals surface area contributed by atoms with Crippen LogP contribution in [-0.2, 0) is 17.9 Å². The smallest absolute Gasteiger partial charge is 0.337 e. The van der Waals surface area contributed by atoms with E-state index >= 15 is 0 Å². The van der Waals surface area contributed by atoms with Gasteiger partial charge in [-0.2, -0.15) is 0 Å². The third kappa shape index (κ3) is 4.05. The average molecular weight is 422 g/mol. The molecule has 0 spiro atoms. The first kappa shape index (κ1) is 19.8. The number of esters is 1. The van der Waals surface area contributed by atoms with Crippen molar-refractivity contribution in [2.75, 3.05) is 7.11 Å². The number of fused-ring (bicyclic) bond motifs is 2. The van der Waals surface area contributed by atoms with Crippen LogP contribution in [0.1, 0.15) is 21.6 Å². The van der Waals surface area contributed by atoms with Gasteiger partial charge < -0.3 is 14.0 Å². The number of carbonyl (C=O) groups is 1. The van der Waals surface area contributed by atoms with Gasteiger partial charge in [-0.25, -0.2) is 9.78 Å². The minimum Gasteiger partial charge on any atom is -0.487 e. The largest absolute Gasteiger partial charge is 0.487 e. The van der Waals surface area contributed by atoms with Gasteiger partial charge in [0.25, 0.3) is 0 Å². The zero-order valence-corrected chi connectivity index (χ0v) is 17.7. The number of hydrogen-bond acceptors (Lipinski definition) is 4. The van der Waals surface area contributed by atoms with E-state index in [0.29, 0.717) is 18.7 Å². The van der Waals surface area contributed by atoms with Crippen LogP contribution in [-0.4, -0.2) is 22.6 Å². The van der Waals surface area contributed by atoms with Gasteiger partial charge in [0.2, 0.25) is 0 Å². The van der Waals surface area contributed by atoms with Crippen LogP contribution in [0, 0.1) is 0 Å². The molecule has 0 saturated carbocycles. The minimum absolute atomic E-state index is 0.336. The lowest BCUT2D eigenvalue weighted by Crippen LogP contribution is -2.03. The zero-order chi connectivity index (χ0) is 21.9. The van der Waals surface area contributed by atoms with Crippen molar-refractivity contribution < 1.29 is 14.3 Å². The predicted octanol–water partition coefficient (Wildman–Crippen LogP) is 5.60. The van der Waals surface area contributed by atoms with Gasteiger partial charge in [-0.05, 0) is 53.4 Å². The normalized spacial score (nSPS) is 11.0. The molecule has 5 heteroatoms. The highest BCUT2D eigenvalue weighted by atomic mass is 16.5. The van der Waals surface area contributed by atoms with Crippen LogP contribution >= 0.6 is 0 Å². The minimum atomic E-state index is -0.336. The molecule has 0 radical (unpaired) electrons. The van der Waals surface area contributed by atoms with Gasteiger partial charge >= 0.3 is 5.97 Å². The van der Waals surface area contributed by atoms with Crippen molar-refractivity contribution >= 4 is 27.8 Å². The Morgan fingerprint density at radius 2 is 1.78 bits per heavy atom. The van der Waals surface area contributed by atoms with Crippen molar-refractivity contribution in [2.24, 2.45) is 0 Å². The van der Waals surface area contributed by atoms with E-state index in [0.717, 1.165) is 38.8 Å². The van der Waals surface area contributed by atoms with E-state index in [1.54, 1.807) is 6.07 Å². The van der Waals surface area contributed by atoms with Gasteiger partial charge in [-0.15, -0.1) is 0 Å². The number of para-hydroxylation sites is 1. The molecule has 0 aliphatic rings. The maximum absolute atomic E-state index is 11.9. The van der Waals surface area contributed by atoms with Gasteiger partial charge in [-0.1, -0.05) is 42.5 Å². The summed E-state index contributed by atoms with van der Waals surface area (Å²) in [4.78, 5) is 16.6. The number of rotatable bonds is 6. The second kappa shape index (κ2) is 8.55. The maximum Gasteiger partial charge on any atom is 0.337 e. The van der Waals surface area contributed by atoms with Crippen molar-refractivity contribution in [2.45, 2.75) is 13.2 Å². The van der Waals surface area contributed by atoms with Crippen molar-refractivity contribution in [3.63, 3.8) is 0 Å². The molecule has 0 atom stereocenters. The molecule has 5 nitrogen and oxygen atoms in total. The van der Waals surface area contributed by atoms with Crippen molar-refractivity contribution in [1.82, 2.24) is 9.55 Å². The van der Waals surface area contributed by atoms with Crippen LogP contribution in [0.3, 0.4) is 0 Å². The lowest BCUT2D eigenvalue weighted by atomic mass is 10.1. The van der Waals surface area contributed by atoms with Gasteiger partial charge in [-0.3, -0.25) is 0 Å². The van der Waals surface area contributed by atoms with Crippen LogP contribution in [0.15, 0.2) is 91.1 Å². The SMILES string of the molecule is COC(=O)c1ccc2ccn(Cc3cccc(OCc4ccc5ccccc5n4)c3)c2c1. The van der Waals surface area contributed by atoms with E-state index in [-0.39, 0.29) is 5.97 Å². The fourth-order valence-corrected chi connectivity index (χ4v) is 3.84. The highest BCUT2D eigenvalue weighted by Crippen LogP contribution is 2.22. The quantitative estimate of drug-likeness (QED) is 0.334. The second-order valence-corrected chi connectivity index (χ2v) is 7.64. The van der Waals surface area contributed by atoms with E-state index in [1.165, 1.54) is 7.11 Å². The fraction of sp³-hybridized carbons (Fsp3) is 0.111. The molecule has 3 aromatic carbocycles. The first-order chi connectivity index (χ1) is 15.7. The summed E-state index contributed by atoms with van der Waals surface area (Å²) in [5.74, 6) is 0.460.